The van der Waals surface area contributed by atoms with Gasteiger partial charge in [-0.3, -0.25) is 0 Å². The Balaban J connectivity index is 1.61. The second-order valence-electron chi connectivity index (χ2n) is 7.93. The lowest BCUT2D eigenvalue weighted by Crippen LogP contribution is -2.33. The first kappa shape index (κ1) is 17.7. The fraction of sp³-hybridized carbons (Fsp3) is 0.0357. The summed E-state index contributed by atoms with van der Waals surface area (Å²) in [6, 6.07) is 33.9. The van der Waals surface area contributed by atoms with Crippen molar-refractivity contribution in [2.24, 2.45) is 10.7 Å². The Labute approximate surface area is 180 Å². The van der Waals surface area contributed by atoms with Crippen molar-refractivity contribution >= 4 is 44.0 Å². The number of nitrogens with one attached hydrogen (secondary N) is 1. The minimum absolute atomic E-state index is 0.153. The number of aliphatic imine (C=N–C) groups is 1. The smallest absolute Gasteiger partial charge is 0.194 e. The summed E-state index contributed by atoms with van der Waals surface area (Å²) >= 11 is 0. The van der Waals surface area contributed by atoms with Gasteiger partial charge in [0.25, 0.3) is 0 Å². The van der Waals surface area contributed by atoms with Crippen molar-refractivity contribution in [3.8, 4) is 0 Å². The van der Waals surface area contributed by atoms with E-state index in [0.29, 0.717) is 5.96 Å². The maximum absolute atomic E-state index is 6.32. The monoisotopic (exact) mass is 399 g/mol. The second kappa shape index (κ2) is 6.99. The number of rotatable bonds is 2. The van der Waals surface area contributed by atoms with E-state index in [1.165, 1.54) is 32.3 Å². The van der Waals surface area contributed by atoms with E-state index in [2.05, 4.69) is 108 Å². The molecule has 148 valence electrons. The number of nitrogens with zero attached hydrogens (tertiary/aromatic N) is 1. The molecule has 1 aliphatic heterocycles. The summed E-state index contributed by atoms with van der Waals surface area (Å²) in [6.45, 7) is 0. The third-order valence-electron chi connectivity index (χ3n) is 6.05. The quantitative estimate of drug-likeness (QED) is 0.350. The normalized spacial score (nSPS) is 16.2. The molecule has 3 nitrogen and oxygen atoms in total. The Morgan fingerprint density at radius 3 is 1.94 bits per heavy atom. The molecule has 1 atom stereocenters. The molecule has 3 N–H and O–H groups in total. The second-order valence-corrected chi connectivity index (χ2v) is 7.93. The molecule has 0 unspecified atom stereocenters. The van der Waals surface area contributed by atoms with E-state index >= 15 is 0 Å². The van der Waals surface area contributed by atoms with E-state index < -0.39 is 0 Å². The molecule has 3 heteroatoms. The third kappa shape index (κ3) is 2.94. The van der Waals surface area contributed by atoms with Crippen molar-refractivity contribution in [3.05, 3.63) is 114 Å². The molecular formula is C28H21N3. The van der Waals surface area contributed by atoms with Gasteiger partial charge in [0.1, 0.15) is 0 Å². The van der Waals surface area contributed by atoms with E-state index in [-0.39, 0.29) is 6.04 Å². The molecule has 0 aromatic heterocycles. The van der Waals surface area contributed by atoms with Crippen molar-refractivity contribution in [2.75, 3.05) is 0 Å². The standard InChI is InChI=1S/C28H21N3/c29-28-30-25(24-15-7-11-18-8-1-4-12-21(18)24)17-26(31-28)27-22-13-5-2-9-19(22)16-20-10-3-6-14-23(20)27/h1-17,25H,(H3,29,30,31)/t25-/m1/s1. The van der Waals surface area contributed by atoms with Gasteiger partial charge in [0.05, 0.1) is 6.04 Å². The Morgan fingerprint density at radius 2 is 1.23 bits per heavy atom. The Bertz CT molecular complexity index is 1470. The van der Waals surface area contributed by atoms with Crippen LogP contribution >= 0.6 is 0 Å². The molecule has 5 aromatic rings. The van der Waals surface area contributed by atoms with Gasteiger partial charge in [-0.05, 0) is 50.0 Å². The number of hydrogen-bond acceptors (Lipinski definition) is 3. The van der Waals surface area contributed by atoms with Gasteiger partial charge < -0.3 is 11.1 Å². The topological polar surface area (TPSA) is 50.4 Å². The highest BCUT2D eigenvalue weighted by molar-refractivity contribution is 6.10. The van der Waals surface area contributed by atoms with Crippen LogP contribution in [0.15, 0.2) is 108 Å². The summed E-state index contributed by atoms with van der Waals surface area (Å²) in [5, 5.41) is 10.6. The van der Waals surface area contributed by atoms with Gasteiger partial charge >= 0.3 is 0 Å². The van der Waals surface area contributed by atoms with Gasteiger partial charge in [-0.1, -0.05) is 91.0 Å². The van der Waals surface area contributed by atoms with Crippen molar-refractivity contribution < 1.29 is 0 Å². The van der Waals surface area contributed by atoms with Crippen molar-refractivity contribution in [1.29, 1.82) is 0 Å². The first-order valence-electron chi connectivity index (χ1n) is 10.5. The molecular weight excluding hydrogens is 378 g/mol. The summed E-state index contributed by atoms with van der Waals surface area (Å²) < 4.78 is 0. The number of benzene rings is 5. The van der Waals surface area contributed by atoms with Crippen LogP contribution in [0, 0.1) is 0 Å². The average Bonchev–Trinajstić information content (AvgIpc) is 2.81. The predicted octanol–water partition coefficient (Wildman–Crippen LogP) is 6.15. The van der Waals surface area contributed by atoms with Crippen LogP contribution in [0.25, 0.3) is 38.0 Å². The molecule has 0 amide bonds. The Hall–Kier alpha value is -4.11. The highest BCUT2D eigenvalue weighted by Crippen LogP contribution is 2.36. The highest BCUT2D eigenvalue weighted by Gasteiger charge is 2.21. The Kier molecular flexibility index (Phi) is 4.00. The zero-order valence-electron chi connectivity index (χ0n) is 16.9. The molecule has 5 aromatic carbocycles. The van der Waals surface area contributed by atoms with E-state index in [1.54, 1.807) is 0 Å². The zero-order chi connectivity index (χ0) is 20.8. The van der Waals surface area contributed by atoms with Crippen LogP contribution in [-0.4, -0.2) is 5.96 Å². The molecule has 0 radical (unpaired) electrons. The molecule has 1 aliphatic rings. The van der Waals surface area contributed by atoms with Crippen LogP contribution in [0.2, 0.25) is 0 Å². The molecule has 0 fully saturated rings. The highest BCUT2D eigenvalue weighted by atomic mass is 15.1. The summed E-state index contributed by atoms with van der Waals surface area (Å²) in [6.07, 6.45) is 2.20. The summed E-state index contributed by atoms with van der Waals surface area (Å²) in [5.74, 6) is 0.437. The minimum atomic E-state index is -0.153. The van der Waals surface area contributed by atoms with Gasteiger partial charge in [-0.15, -0.1) is 0 Å². The number of nitrogens with two attached hydrogens (primary N) is 1. The van der Waals surface area contributed by atoms with Gasteiger partial charge in [-0.2, -0.15) is 0 Å². The predicted molar refractivity (Wildman–Crippen MR) is 131 cm³/mol. The van der Waals surface area contributed by atoms with Crippen molar-refractivity contribution in [3.63, 3.8) is 0 Å². The van der Waals surface area contributed by atoms with Gasteiger partial charge in [0.15, 0.2) is 5.96 Å². The largest absolute Gasteiger partial charge is 0.370 e. The van der Waals surface area contributed by atoms with Crippen LogP contribution in [0.4, 0.5) is 0 Å². The number of fused-ring (bicyclic) bond motifs is 3. The van der Waals surface area contributed by atoms with E-state index in [9.17, 15) is 0 Å². The fourth-order valence-electron chi connectivity index (χ4n) is 4.67. The third-order valence-corrected chi connectivity index (χ3v) is 6.05. The lowest BCUT2D eigenvalue weighted by atomic mass is 9.92. The van der Waals surface area contributed by atoms with Crippen LogP contribution in [0.1, 0.15) is 17.2 Å². The van der Waals surface area contributed by atoms with Crippen LogP contribution in [0.5, 0.6) is 0 Å². The summed E-state index contributed by atoms with van der Waals surface area (Å²) in [5.41, 5.74) is 9.64. The zero-order valence-corrected chi connectivity index (χ0v) is 16.9. The van der Waals surface area contributed by atoms with E-state index in [1.807, 2.05) is 0 Å². The first-order chi connectivity index (χ1) is 15.3. The summed E-state index contributed by atoms with van der Waals surface area (Å²) in [7, 11) is 0. The molecule has 0 bridgehead atoms. The molecule has 0 saturated heterocycles. The average molecular weight is 399 g/mol. The fourth-order valence-corrected chi connectivity index (χ4v) is 4.67. The molecule has 0 spiro atoms. The maximum Gasteiger partial charge on any atom is 0.194 e. The van der Waals surface area contributed by atoms with Crippen LogP contribution in [0.3, 0.4) is 0 Å². The Morgan fingerprint density at radius 1 is 0.645 bits per heavy atom. The van der Waals surface area contributed by atoms with Crippen LogP contribution in [-0.2, 0) is 0 Å². The van der Waals surface area contributed by atoms with Crippen molar-refractivity contribution in [2.45, 2.75) is 6.04 Å². The van der Waals surface area contributed by atoms with Gasteiger partial charge in [0, 0.05) is 11.3 Å². The lowest BCUT2D eigenvalue weighted by Gasteiger charge is -2.23. The SMILES string of the molecule is NC1=N[C@@H](c2cccc3ccccc23)C=C(c2c3ccccc3cc3ccccc23)N1. The molecule has 31 heavy (non-hydrogen) atoms. The van der Waals surface area contributed by atoms with Crippen LogP contribution < -0.4 is 11.1 Å². The lowest BCUT2D eigenvalue weighted by molar-refractivity contribution is 0.883. The maximum atomic E-state index is 6.32. The van der Waals surface area contributed by atoms with E-state index in [0.717, 1.165) is 16.8 Å². The first-order valence-corrected chi connectivity index (χ1v) is 10.5. The molecule has 6 rings (SSSR count). The minimum Gasteiger partial charge on any atom is -0.370 e. The molecule has 0 saturated carbocycles. The number of hydrogen-bond donors (Lipinski definition) is 2. The van der Waals surface area contributed by atoms with E-state index in [4.69, 9.17) is 10.7 Å². The molecule has 0 aliphatic carbocycles. The molecule has 1 heterocycles. The van der Waals surface area contributed by atoms with Gasteiger partial charge in [-0.25, -0.2) is 4.99 Å². The van der Waals surface area contributed by atoms with Gasteiger partial charge in [0.2, 0.25) is 0 Å². The van der Waals surface area contributed by atoms with Crippen molar-refractivity contribution in [1.82, 2.24) is 5.32 Å². The summed E-state index contributed by atoms with van der Waals surface area (Å²) in [4.78, 5) is 4.75. The number of guanidine groups is 1.